The van der Waals surface area contributed by atoms with Gasteiger partial charge in [0.05, 0.1) is 24.2 Å². The van der Waals surface area contributed by atoms with Crippen LogP contribution in [0.15, 0.2) is 47.8 Å². The highest BCUT2D eigenvalue weighted by Gasteiger charge is 2.25. The van der Waals surface area contributed by atoms with E-state index in [0.717, 1.165) is 23.4 Å². The van der Waals surface area contributed by atoms with Crippen LogP contribution in [0.3, 0.4) is 0 Å². The number of fused-ring (bicyclic) bond motifs is 1. The quantitative estimate of drug-likeness (QED) is 0.371. The number of aromatic amines is 1. The van der Waals surface area contributed by atoms with Crippen LogP contribution in [0.4, 0.5) is 14.5 Å². The summed E-state index contributed by atoms with van der Waals surface area (Å²) < 4.78 is 43.3. The smallest absolute Gasteiger partial charge is 0.289 e. The summed E-state index contributed by atoms with van der Waals surface area (Å²) in [5.41, 5.74) is 2.22. The molecule has 0 radical (unpaired) electrons. The first-order chi connectivity index (χ1) is 16.7. The molecule has 2 N–H and O–H groups in total. The number of amidine groups is 1. The molecule has 4 aromatic rings. The van der Waals surface area contributed by atoms with Crippen LogP contribution < -0.4 is 10.1 Å². The summed E-state index contributed by atoms with van der Waals surface area (Å²) in [6.45, 7) is 9.10. The topological polar surface area (TPSA) is 89.4 Å². The molecule has 0 saturated carbocycles. The zero-order valence-electron chi connectivity index (χ0n) is 19.9. The summed E-state index contributed by atoms with van der Waals surface area (Å²) in [5.74, 6) is -1.97. The molecule has 4 heterocycles. The van der Waals surface area contributed by atoms with Gasteiger partial charge in [-0.05, 0) is 26.0 Å². The monoisotopic (exact) mass is 480 g/mol. The zero-order chi connectivity index (χ0) is 24.7. The lowest BCUT2D eigenvalue weighted by Gasteiger charge is -2.28. The normalized spacial score (nSPS) is 15.2. The van der Waals surface area contributed by atoms with E-state index >= 15 is 8.78 Å². The lowest BCUT2D eigenvalue weighted by Crippen LogP contribution is -2.33. The van der Waals surface area contributed by atoms with E-state index in [-0.39, 0.29) is 28.9 Å². The summed E-state index contributed by atoms with van der Waals surface area (Å²) in [7, 11) is 0. The molecule has 5 rings (SSSR count). The molecule has 0 aliphatic carbocycles. The van der Waals surface area contributed by atoms with Gasteiger partial charge in [-0.1, -0.05) is 13.8 Å². The first-order valence-corrected chi connectivity index (χ1v) is 11.3. The second-order valence-corrected chi connectivity index (χ2v) is 9.56. The zero-order valence-corrected chi connectivity index (χ0v) is 19.9. The van der Waals surface area contributed by atoms with E-state index in [2.05, 4.69) is 25.4 Å². The van der Waals surface area contributed by atoms with Crippen molar-refractivity contribution in [1.29, 1.82) is 0 Å². The average molecular weight is 481 g/mol. The van der Waals surface area contributed by atoms with Gasteiger partial charge >= 0.3 is 0 Å². The van der Waals surface area contributed by atoms with E-state index in [1.165, 1.54) is 6.20 Å². The summed E-state index contributed by atoms with van der Waals surface area (Å²) in [6, 6.07) is 6.09. The third-order valence-corrected chi connectivity index (χ3v) is 5.68. The van der Waals surface area contributed by atoms with Crippen LogP contribution in [0, 0.1) is 17.0 Å². The molecule has 10 heteroatoms. The third kappa shape index (κ3) is 4.43. The Kier molecular flexibility index (Phi) is 5.66. The number of halogens is 2. The van der Waals surface area contributed by atoms with Crippen LogP contribution >= 0.6 is 0 Å². The minimum Gasteiger partial charge on any atom is -0.464 e. The number of anilines is 1. The molecule has 1 aliphatic rings. The lowest BCUT2D eigenvalue weighted by atomic mass is 9.95. The number of aromatic nitrogens is 4. The maximum absolute atomic E-state index is 15.0. The van der Waals surface area contributed by atoms with Crippen molar-refractivity contribution in [3.63, 3.8) is 0 Å². The van der Waals surface area contributed by atoms with E-state index in [1.54, 1.807) is 18.5 Å². The summed E-state index contributed by atoms with van der Waals surface area (Å²) in [6.07, 6.45) is 5.01. The Bertz CT molecular complexity index is 1400. The maximum atomic E-state index is 15.0. The van der Waals surface area contributed by atoms with Crippen molar-refractivity contribution in [2.45, 2.75) is 33.7 Å². The Morgan fingerprint density at radius 2 is 1.94 bits per heavy atom. The molecule has 0 spiro atoms. The van der Waals surface area contributed by atoms with Crippen molar-refractivity contribution in [2.24, 2.45) is 10.4 Å². The van der Waals surface area contributed by atoms with E-state index in [4.69, 9.17) is 9.47 Å². The van der Waals surface area contributed by atoms with E-state index in [9.17, 15) is 0 Å². The number of ether oxygens (including phenoxy) is 2. The fourth-order valence-electron chi connectivity index (χ4n) is 3.93. The maximum Gasteiger partial charge on any atom is 0.289 e. The van der Waals surface area contributed by atoms with E-state index < -0.39 is 17.4 Å². The molecule has 1 aromatic carbocycles. The lowest BCUT2D eigenvalue weighted by molar-refractivity contribution is 0.156. The van der Waals surface area contributed by atoms with Gasteiger partial charge in [0.1, 0.15) is 11.4 Å². The SMILES string of the molecule is CC(C)n1nccc1-c1c[nH]c2nccc(Oc3c(F)cc(NC4=NCC(C)(C)CO4)cc3F)c12. The highest BCUT2D eigenvalue weighted by atomic mass is 19.1. The fraction of sp³-hybridized carbons (Fsp3) is 0.320. The van der Waals surface area contributed by atoms with Gasteiger partial charge in [-0.15, -0.1) is 0 Å². The Hall–Kier alpha value is -3.95. The number of nitrogens with one attached hydrogen (secondary N) is 2. The highest BCUT2D eigenvalue weighted by molar-refractivity contribution is 5.97. The van der Waals surface area contributed by atoms with Gasteiger partial charge in [0.15, 0.2) is 17.4 Å². The molecule has 0 saturated heterocycles. The van der Waals surface area contributed by atoms with Crippen molar-refractivity contribution in [1.82, 2.24) is 19.7 Å². The van der Waals surface area contributed by atoms with Crippen LogP contribution in [-0.2, 0) is 4.74 Å². The molecule has 182 valence electrons. The summed E-state index contributed by atoms with van der Waals surface area (Å²) in [4.78, 5) is 11.7. The van der Waals surface area contributed by atoms with Gasteiger partial charge in [0, 0.05) is 53.4 Å². The fourth-order valence-corrected chi connectivity index (χ4v) is 3.93. The third-order valence-electron chi connectivity index (χ3n) is 5.68. The largest absolute Gasteiger partial charge is 0.464 e. The molecule has 8 nitrogen and oxygen atoms in total. The molecule has 35 heavy (non-hydrogen) atoms. The van der Waals surface area contributed by atoms with Gasteiger partial charge in [0.2, 0.25) is 0 Å². The number of benzene rings is 1. The van der Waals surface area contributed by atoms with Gasteiger partial charge in [0.25, 0.3) is 6.02 Å². The van der Waals surface area contributed by atoms with Crippen LogP contribution in [0.2, 0.25) is 0 Å². The molecule has 0 amide bonds. The first-order valence-electron chi connectivity index (χ1n) is 11.3. The number of hydrogen-bond donors (Lipinski definition) is 2. The molecular weight excluding hydrogens is 454 g/mol. The molecule has 0 atom stereocenters. The van der Waals surface area contributed by atoms with Gasteiger partial charge in [-0.3, -0.25) is 4.68 Å². The average Bonchev–Trinajstić information content (AvgIpc) is 3.45. The number of rotatable bonds is 5. The second-order valence-electron chi connectivity index (χ2n) is 9.56. The van der Waals surface area contributed by atoms with Crippen molar-refractivity contribution >= 4 is 22.7 Å². The standard InChI is InChI=1S/C25H26F2N6O2/c1-14(2)33-19(5-8-31-33)16-11-29-23-21(16)20(6-7-28-23)35-22-17(26)9-15(10-18(22)27)32-24-30-12-25(3,4)13-34-24/h5-11,14H,12-13H2,1-4H3,(H,28,29)(H,30,32). The predicted molar refractivity (Wildman–Crippen MR) is 130 cm³/mol. The van der Waals surface area contributed by atoms with Crippen molar-refractivity contribution in [3.05, 3.63) is 54.5 Å². The molecule has 0 unspecified atom stereocenters. The van der Waals surface area contributed by atoms with Gasteiger partial charge in [-0.25, -0.2) is 18.8 Å². The van der Waals surface area contributed by atoms with Crippen molar-refractivity contribution in [2.75, 3.05) is 18.5 Å². The molecule has 3 aromatic heterocycles. The van der Waals surface area contributed by atoms with Crippen LogP contribution in [0.1, 0.15) is 33.7 Å². The van der Waals surface area contributed by atoms with E-state index in [1.807, 2.05) is 38.4 Å². The van der Waals surface area contributed by atoms with E-state index in [0.29, 0.717) is 24.2 Å². The number of aliphatic imine (C=N–C) groups is 1. The number of H-pyrrole nitrogens is 1. The minimum atomic E-state index is -0.862. The molecular formula is C25H26F2N6O2. The minimum absolute atomic E-state index is 0.0841. The number of pyridine rings is 1. The van der Waals surface area contributed by atoms with Crippen LogP contribution in [0.25, 0.3) is 22.3 Å². The second kappa shape index (κ2) is 8.68. The van der Waals surface area contributed by atoms with Gasteiger partial charge in [-0.2, -0.15) is 5.10 Å². The molecule has 0 bridgehead atoms. The van der Waals surface area contributed by atoms with Crippen molar-refractivity contribution in [3.8, 4) is 22.8 Å². The Morgan fingerprint density at radius 3 is 2.63 bits per heavy atom. The Labute approximate surface area is 201 Å². The van der Waals surface area contributed by atoms with Gasteiger partial charge < -0.3 is 19.8 Å². The number of hydrogen-bond acceptors (Lipinski definition) is 6. The summed E-state index contributed by atoms with van der Waals surface area (Å²) in [5, 5.41) is 7.81. The summed E-state index contributed by atoms with van der Waals surface area (Å²) >= 11 is 0. The van der Waals surface area contributed by atoms with Crippen molar-refractivity contribution < 1.29 is 18.3 Å². The molecule has 0 fully saturated rings. The highest BCUT2D eigenvalue weighted by Crippen LogP contribution is 2.39. The van der Waals surface area contributed by atoms with Crippen LogP contribution in [0.5, 0.6) is 11.5 Å². The number of nitrogens with zero attached hydrogens (tertiary/aromatic N) is 4. The Morgan fingerprint density at radius 1 is 1.17 bits per heavy atom. The van der Waals surface area contributed by atoms with Crippen LogP contribution in [-0.4, -0.2) is 38.9 Å². The first kappa shape index (κ1) is 22.8. The Balaban J connectivity index is 1.47. The molecule has 1 aliphatic heterocycles. The predicted octanol–water partition coefficient (Wildman–Crippen LogP) is 5.90.